The van der Waals surface area contributed by atoms with Gasteiger partial charge in [0, 0.05) is 25.2 Å². The maximum atomic E-state index is 13.2. The van der Waals surface area contributed by atoms with Gasteiger partial charge in [-0.05, 0) is 68.9 Å². The van der Waals surface area contributed by atoms with Crippen molar-refractivity contribution in [3.05, 3.63) is 101 Å². The lowest BCUT2D eigenvalue weighted by molar-refractivity contribution is -0.391. The van der Waals surface area contributed by atoms with Crippen molar-refractivity contribution in [2.75, 3.05) is 33.5 Å². The van der Waals surface area contributed by atoms with Crippen LogP contribution in [0.15, 0.2) is 78.8 Å². The molecule has 0 amide bonds. The molecule has 208 valence electrons. The Balaban J connectivity index is 1.49. The second-order valence-electron chi connectivity index (χ2n) is 9.37. The number of carbonyl (C=O) groups excluding carboxylic acids is 1. The topological polar surface area (TPSA) is 102 Å². The summed E-state index contributed by atoms with van der Waals surface area (Å²) in [6, 6.07) is 18.8. The molecule has 0 spiro atoms. The van der Waals surface area contributed by atoms with E-state index in [2.05, 4.69) is 0 Å². The third-order valence-corrected chi connectivity index (χ3v) is 6.60. The van der Waals surface area contributed by atoms with Gasteiger partial charge in [-0.2, -0.15) is 0 Å². The standard InChI is InChI=1S/C31H32N2O7/c1-5-36-30(34)28-26(18-16-22(29(28)32)25-17-14-20-10-6-8-12-23(20)37-25)39-31(35-4,33(2)3)40-27-19-15-21-11-7-9-13-24(21)38-27/h6-13,16-19H,5,14-15,32H2,1-4H3. The number of nitrogens with zero attached hydrogens (tertiary/aromatic N) is 1. The third kappa shape index (κ3) is 5.21. The summed E-state index contributed by atoms with van der Waals surface area (Å²) in [5, 5.41) is 0. The monoisotopic (exact) mass is 544 g/mol. The van der Waals surface area contributed by atoms with E-state index < -0.39 is 12.1 Å². The predicted molar refractivity (Wildman–Crippen MR) is 150 cm³/mol. The summed E-state index contributed by atoms with van der Waals surface area (Å²) >= 11 is 0. The molecule has 3 aromatic carbocycles. The SMILES string of the molecule is CCOC(=O)c1c(OC(OC)(OC2=CCc3ccccc3O2)N(C)C)ccc(C2=CCc3ccccc3O2)c1N. The van der Waals surface area contributed by atoms with E-state index in [1.165, 1.54) is 7.11 Å². The minimum Gasteiger partial charge on any atom is -0.462 e. The molecule has 9 nitrogen and oxygen atoms in total. The van der Waals surface area contributed by atoms with Crippen LogP contribution in [0.3, 0.4) is 0 Å². The van der Waals surface area contributed by atoms with Crippen molar-refractivity contribution in [2.45, 2.75) is 25.9 Å². The van der Waals surface area contributed by atoms with Crippen molar-refractivity contribution in [1.29, 1.82) is 0 Å². The minimum absolute atomic E-state index is 0.0264. The fraction of sp³-hybridized carbons (Fsp3) is 0.258. The van der Waals surface area contributed by atoms with Crippen LogP contribution in [0.25, 0.3) is 5.76 Å². The minimum atomic E-state index is -1.81. The zero-order valence-corrected chi connectivity index (χ0v) is 22.9. The van der Waals surface area contributed by atoms with Gasteiger partial charge in [-0.1, -0.05) is 36.4 Å². The zero-order chi connectivity index (χ0) is 28.3. The van der Waals surface area contributed by atoms with Gasteiger partial charge in [0.2, 0.25) is 0 Å². The van der Waals surface area contributed by atoms with Gasteiger partial charge in [0.25, 0.3) is 5.95 Å². The predicted octanol–water partition coefficient (Wildman–Crippen LogP) is 5.11. The van der Waals surface area contributed by atoms with Crippen LogP contribution in [0.2, 0.25) is 0 Å². The molecule has 0 aromatic heterocycles. The summed E-state index contributed by atoms with van der Waals surface area (Å²) in [4.78, 5) is 14.8. The van der Waals surface area contributed by atoms with Crippen molar-refractivity contribution >= 4 is 17.4 Å². The Hall–Kier alpha value is -4.47. The number of rotatable bonds is 9. The number of fused-ring (bicyclic) bond motifs is 2. The zero-order valence-electron chi connectivity index (χ0n) is 22.9. The lowest BCUT2D eigenvalue weighted by Gasteiger charge is -2.37. The van der Waals surface area contributed by atoms with E-state index in [1.54, 1.807) is 44.1 Å². The van der Waals surface area contributed by atoms with Crippen LogP contribution in [0, 0.1) is 0 Å². The number of nitrogen functional groups attached to an aromatic ring is 1. The highest BCUT2D eigenvalue weighted by molar-refractivity contribution is 6.01. The van der Waals surface area contributed by atoms with Crippen LogP contribution in [0.5, 0.6) is 17.2 Å². The number of carbonyl (C=O) groups is 1. The van der Waals surface area contributed by atoms with E-state index in [-0.39, 0.29) is 29.6 Å². The molecule has 2 N–H and O–H groups in total. The molecule has 0 aliphatic carbocycles. The van der Waals surface area contributed by atoms with Gasteiger partial charge in [0.1, 0.15) is 28.6 Å². The summed E-state index contributed by atoms with van der Waals surface area (Å²) < 4.78 is 35.6. The fourth-order valence-electron chi connectivity index (χ4n) is 4.53. The molecule has 40 heavy (non-hydrogen) atoms. The molecule has 0 saturated carbocycles. The molecule has 2 aliphatic rings. The molecule has 0 bridgehead atoms. The van der Waals surface area contributed by atoms with Gasteiger partial charge in [0.05, 0.1) is 12.3 Å². The number of benzene rings is 3. The third-order valence-electron chi connectivity index (χ3n) is 6.60. The van der Waals surface area contributed by atoms with Crippen molar-refractivity contribution in [1.82, 2.24) is 4.90 Å². The molecule has 5 rings (SSSR count). The van der Waals surface area contributed by atoms with Crippen LogP contribution in [0.1, 0.15) is 34.0 Å². The Labute approximate surface area is 233 Å². The second kappa shape index (κ2) is 11.3. The van der Waals surface area contributed by atoms with Crippen molar-refractivity contribution in [3.63, 3.8) is 0 Å². The molecule has 2 aliphatic heterocycles. The molecule has 2 heterocycles. The first-order valence-electron chi connectivity index (χ1n) is 13.0. The van der Waals surface area contributed by atoms with E-state index >= 15 is 0 Å². The number of nitrogens with two attached hydrogens (primary N) is 1. The number of ether oxygens (including phenoxy) is 6. The molecule has 0 radical (unpaired) electrons. The molecule has 1 unspecified atom stereocenters. The van der Waals surface area contributed by atoms with Crippen molar-refractivity contribution in [3.8, 4) is 17.2 Å². The highest BCUT2D eigenvalue weighted by Gasteiger charge is 2.43. The average Bonchev–Trinajstić information content (AvgIpc) is 2.96. The van der Waals surface area contributed by atoms with Gasteiger partial charge < -0.3 is 29.4 Å². The van der Waals surface area contributed by atoms with Gasteiger partial charge in [-0.15, -0.1) is 0 Å². The van der Waals surface area contributed by atoms with E-state index in [1.807, 2.05) is 54.6 Å². The molecular weight excluding hydrogens is 512 g/mol. The number of hydrogen-bond acceptors (Lipinski definition) is 9. The summed E-state index contributed by atoms with van der Waals surface area (Å²) in [6.45, 7) is 1.86. The number of allylic oxidation sites excluding steroid dienone is 2. The number of hydrogen-bond donors (Lipinski definition) is 1. The van der Waals surface area contributed by atoms with Crippen LogP contribution in [0.4, 0.5) is 5.69 Å². The Kier molecular flexibility index (Phi) is 7.68. The molecule has 0 saturated heterocycles. The number of para-hydroxylation sites is 2. The highest BCUT2D eigenvalue weighted by atomic mass is 16.9. The molecular formula is C31H32N2O7. The Morgan fingerprint density at radius 2 is 1.57 bits per heavy atom. The molecule has 3 aromatic rings. The molecule has 1 atom stereocenters. The summed E-state index contributed by atoms with van der Waals surface area (Å²) in [5.74, 6) is 1.58. The van der Waals surface area contributed by atoms with Crippen LogP contribution in [-0.2, 0) is 27.1 Å². The van der Waals surface area contributed by atoms with Crippen molar-refractivity contribution in [2.24, 2.45) is 0 Å². The number of methoxy groups -OCH3 is 1. The summed E-state index contributed by atoms with van der Waals surface area (Å²) in [7, 11) is 4.85. The maximum Gasteiger partial charge on any atom is 0.448 e. The number of anilines is 1. The lowest BCUT2D eigenvalue weighted by atomic mass is 10.0. The molecule has 9 heteroatoms. The number of esters is 1. The van der Waals surface area contributed by atoms with Gasteiger partial charge in [0.15, 0.2) is 0 Å². The largest absolute Gasteiger partial charge is 0.462 e. The van der Waals surface area contributed by atoms with Gasteiger partial charge in [-0.25, -0.2) is 9.69 Å². The van der Waals surface area contributed by atoms with E-state index in [0.29, 0.717) is 29.9 Å². The van der Waals surface area contributed by atoms with Crippen molar-refractivity contribution < 1.29 is 33.2 Å². The molecule has 0 fully saturated rings. The normalized spacial score (nSPS) is 15.3. The van der Waals surface area contributed by atoms with Gasteiger partial charge in [-0.3, -0.25) is 4.74 Å². The van der Waals surface area contributed by atoms with E-state index in [9.17, 15) is 4.79 Å². The second-order valence-corrected chi connectivity index (χ2v) is 9.37. The maximum absolute atomic E-state index is 13.2. The van der Waals surface area contributed by atoms with Crippen LogP contribution < -0.4 is 19.9 Å². The van der Waals surface area contributed by atoms with E-state index in [0.717, 1.165) is 16.9 Å². The highest BCUT2D eigenvalue weighted by Crippen LogP contribution is 2.39. The first kappa shape index (κ1) is 27.1. The van der Waals surface area contributed by atoms with Gasteiger partial charge >= 0.3 is 12.1 Å². The average molecular weight is 545 g/mol. The Bertz CT molecular complexity index is 1480. The smallest absolute Gasteiger partial charge is 0.448 e. The lowest BCUT2D eigenvalue weighted by Crippen LogP contribution is -2.54. The van der Waals surface area contributed by atoms with E-state index in [4.69, 9.17) is 34.2 Å². The summed E-state index contributed by atoms with van der Waals surface area (Å²) in [6.07, 6.45) is 3.17. The first-order valence-corrected chi connectivity index (χ1v) is 13.0. The summed E-state index contributed by atoms with van der Waals surface area (Å²) in [5.41, 5.74) is 9.40. The first-order chi connectivity index (χ1) is 19.3. The quantitative estimate of drug-likeness (QED) is 0.224. The Morgan fingerprint density at radius 3 is 2.23 bits per heavy atom. The van der Waals surface area contributed by atoms with Crippen LogP contribution in [-0.4, -0.2) is 44.8 Å². The fourth-order valence-corrected chi connectivity index (χ4v) is 4.53. The van der Waals surface area contributed by atoms with Crippen LogP contribution >= 0.6 is 0 Å². The Morgan fingerprint density at radius 1 is 0.925 bits per heavy atom.